The van der Waals surface area contributed by atoms with Crippen LogP contribution >= 0.6 is 0 Å². The fourth-order valence-electron chi connectivity index (χ4n) is 2.07. The van der Waals surface area contributed by atoms with Crippen molar-refractivity contribution < 1.29 is 0 Å². The molecule has 0 radical (unpaired) electrons. The highest BCUT2D eigenvalue weighted by atomic mass is 15.1. The molecule has 0 atom stereocenters. The van der Waals surface area contributed by atoms with Gasteiger partial charge in [-0.1, -0.05) is 25.7 Å². The number of rotatable bonds is 4. The highest BCUT2D eigenvalue weighted by molar-refractivity contribution is 5.37. The van der Waals surface area contributed by atoms with Crippen LogP contribution in [0, 0.1) is 5.92 Å². The van der Waals surface area contributed by atoms with E-state index in [1.165, 1.54) is 32.1 Å². The number of anilines is 1. The second kappa shape index (κ2) is 4.30. The first-order valence-electron chi connectivity index (χ1n) is 5.18. The first-order chi connectivity index (χ1) is 6.45. The molecule has 0 saturated heterocycles. The van der Waals surface area contributed by atoms with Gasteiger partial charge in [0.15, 0.2) is 0 Å². The van der Waals surface area contributed by atoms with Crippen molar-refractivity contribution in [2.45, 2.75) is 32.1 Å². The summed E-state index contributed by atoms with van der Waals surface area (Å²) in [6, 6.07) is 0. The van der Waals surface area contributed by atoms with Crippen molar-refractivity contribution in [1.82, 2.24) is 10.2 Å². The molecular weight excluding hydrogens is 162 g/mol. The summed E-state index contributed by atoms with van der Waals surface area (Å²) in [5, 5.41) is 10.0. The topological polar surface area (TPSA) is 40.7 Å². The highest BCUT2D eigenvalue weighted by Crippen LogP contribution is 2.27. The van der Waals surface area contributed by atoms with Crippen LogP contribution in [0.25, 0.3) is 0 Å². The molecule has 72 valence electrons. The van der Waals surface area contributed by atoms with Gasteiger partial charge >= 0.3 is 0 Å². The van der Waals surface area contributed by atoms with E-state index in [1.807, 2.05) is 12.4 Å². The van der Waals surface area contributed by atoms with Crippen molar-refractivity contribution in [3.05, 3.63) is 12.4 Å². The highest BCUT2D eigenvalue weighted by Gasteiger charge is 2.13. The van der Waals surface area contributed by atoms with Gasteiger partial charge in [-0.25, -0.2) is 0 Å². The summed E-state index contributed by atoms with van der Waals surface area (Å²) in [5.41, 5.74) is 1.11. The normalized spacial score (nSPS) is 17.8. The number of aromatic nitrogens is 2. The van der Waals surface area contributed by atoms with Gasteiger partial charge in [-0.3, -0.25) is 5.10 Å². The van der Waals surface area contributed by atoms with Gasteiger partial charge in [0.25, 0.3) is 0 Å². The predicted octanol–water partition coefficient (Wildman–Crippen LogP) is 2.40. The molecule has 1 fully saturated rings. The Balaban J connectivity index is 1.63. The van der Waals surface area contributed by atoms with E-state index in [4.69, 9.17) is 0 Å². The van der Waals surface area contributed by atoms with Crippen molar-refractivity contribution in [3.63, 3.8) is 0 Å². The molecule has 1 saturated carbocycles. The molecule has 13 heavy (non-hydrogen) atoms. The third kappa shape index (κ3) is 2.47. The van der Waals surface area contributed by atoms with Crippen LogP contribution in [0.15, 0.2) is 12.4 Å². The number of nitrogens with one attached hydrogen (secondary N) is 2. The second-order valence-electron chi connectivity index (χ2n) is 3.85. The number of nitrogens with zero attached hydrogens (tertiary/aromatic N) is 1. The van der Waals surface area contributed by atoms with E-state index >= 15 is 0 Å². The van der Waals surface area contributed by atoms with Gasteiger partial charge in [0.1, 0.15) is 0 Å². The minimum Gasteiger partial charge on any atom is -0.383 e. The summed E-state index contributed by atoms with van der Waals surface area (Å²) in [7, 11) is 0. The maximum Gasteiger partial charge on any atom is 0.0723 e. The Hall–Kier alpha value is -0.990. The molecule has 2 rings (SSSR count). The SMILES string of the molecule is c1n[nH]cc1NCCC1CCCC1. The van der Waals surface area contributed by atoms with E-state index in [1.54, 1.807) is 0 Å². The van der Waals surface area contributed by atoms with Crippen molar-refractivity contribution in [1.29, 1.82) is 0 Å². The minimum atomic E-state index is 0.972. The van der Waals surface area contributed by atoms with Gasteiger partial charge in [-0.2, -0.15) is 5.10 Å². The zero-order valence-electron chi connectivity index (χ0n) is 7.92. The Bertz CT molecular complexity index is 224. The number of hydrogen-bond donors (Lipinski definition) is 2. The van der Waals surface area contributed by atoms with E-state index < -0.39 is 0 Å². The van der Waals surface area contributed by atoms with Crippen molar-refractivity contribution in [2.24, 2.45) is 5.92 Å². The third-order valence-corrected chi connectivity index (χ3v) is 2.85. The van der Waals surface area contributed by atoms with E-state index in [9.17, 15) is 0 Å². The number of hydrogen-bond acceptors (Lipinski definition) is 2. The molecular formula is C10H17N3. The average Bonchev–Trinajstić information content (AvgIpc) is 2.75. The van der Waals surface area contributed by atoms with Gasteiger partial charge in [-0.15, -0.1) is 0 Å². The molecule has 1 aromatic heterocycles. The van der Waals surface area contributed by atoms with E-state index in [-0.39, 0.29) is 0 Å². The second-order valence-corrected chi connectivity index (χ2v) is 3.85. The quantitative estimate of drug-likeness (QED) is 0.745. The molecule has 0 amide bonds. The lowest BCUT2D eigenvalue weighted by molar-refractivity contribution is 0.518. The van der Waals surface area contributed by atoms with Crippen LogP contribution in [-0.2, 0) is 0 Å². The van der Waals surface area contributed by atoms with E-state index in [0.29, 0.717) is 0 Å². The molecule has 3 nitrogen and oxygen atoms in total. The molecule has 0 unspecified atom stereocenters. The largest absolute Gasteiger partial charge is 0.383 e. The lowest BCUT2D eigenvalue weighted by Crippen LogP contribution is -2.05. The Morgan fingerprint density at radius 3 is 3.00 bits per heavy atom. The van der Waals surface area contributed by atoms with E-state index in [0.717, 1.165) is 18.2 Å². The molecule has 0 aliphatic heterocycles. The monoisotopic (exact) mass is 179 g/mol. The van der Waals surface area contributed by atoms with Crippen molar-refractivity contribution in [3.8, 4) is 0 Å². The van der Waals surface area contributed by atoms with E-state index in [2.05, 4.69) is 15.5 Å². The summed E-state index contributed by atoms with van der Waals surface area (Å²) in [5.74, 6) is 0.972. The van der Waals surface area contributed by atoms with Gasteiger partial charge in [0.2, 0.25) is 0 Å². The van der Waals surface area contributed by atoms with Gasteiger partial charge in [-0.05, 0) is 12.3 Å². The summed E-state index contributed by atoms with van der Waals surface area (Å²) in [6.07, 6.45) is 10.8. The summed E-state index contributed by atoms with van der Waals surface area (Å²) < 4.78 is 0. The molecule has 1 aliphatic carbocycles. The van der Waals surface area contributed by atoms with Crippen LogP contribution in [-0.4, -0.2) is 16.7 Å². The van der Waals surface area contributed by atoms with Crippen LogP contribution in [0.1, 0.15) is 32.1 Å². The fourth-order valence-corrected chi connectivity index (χ4v) is 2.07. The summed E-state index contributed by atoms with van der Waals surface area (Å²) in [6.45, 7) is 1.09. The van der Waals surface area contributed by atoms with Gasteiger partial charge in [0.05, 0.1) is 11.9 Å². The Labute approximate surface area is 78.9 Å². The maximum atomic E-state index is 3.89. The summed E-state index contributed by atoms with van der Waals surface area (Å²) in [4.78, 5) is 0. The lowest BCUT2D eigenvalue weighted by Gasteiger charge is -2.08. The smallest absolute Gasteiger partial charge is 0.0723 e. The molecule has 1 aliphatic rings. The first-order valence-corrected chi connectivity index (χ1v) is 5.18. The molecule has 0 aromatic carbocycles. The van der Waals surface area contributed by atoms with Crippen molar-refractivity contribution in [2.75, 3.05) is 11.9 Å². The van der Waals surface area contributed by atoms with Gasteiger partial charge in [0, 0.05) is 12.7 Å². The zero-order valence-corrected chi connectivity index (χ0v) is 7.92. The van der Waals surface area contributed by atoms with Crippen molar-refractivity contribution >= 4 is 5.69 Å². The van der Waals surface area contributed by atoms with Crippen LogP contribution < -0.4 is 5.32 Å². The molecule has 3 heteroatoms. The number of aromatic amines is 1. The van der Waals surface area contributed by atoms with Gasteiger partial charge < -0.3 is 5.32 Å². The lowest BCUT2D eigenvalue weighted by atomic mass is 10.0. The first kappa shape index (κ1) is 8.60. The average molecular weight is 179 g/mol. The molecule has 0 spiro atoms. The third-order valence-electron chi connectivity index (χ3n) is 2.85. The molecule has 1 heterocycles. The Morgan fingerprint density at radius 2 is 2.31 bits per heavy atom. The fraction of sp³-hybridized carbons (Fsp3) is 0.700. The Morgan fingerprint density at radius 1 is 1.46 bits per heavy atom. The zero-order chi connectivity index (χ0) is 8.93. The molecule has 2 N–H and O–H groups in total. The van der Waals surface area contributed by atoms with Crippen LogP contribution in [0.2, 0.25) is 0 Å². The maximum absolute atomic E-state index is 3.89. The predicted molar refractivity (Wildman–Crippen MR) is 53.7 cm³/mol. The number of H-pyrrole nitrogens is 1. The molecule has 1 aromatic rings. The Kier molecular flexibility index (Phi) is 2.85. The van der Waals surface area contributed by atoms with Crippen LogP contribution in [0.3, 0.4) is 0 Å². The van der Waals surface area contributed by atoms with Crippen LogP contribution in [0.5, 0.6) is 0 Å². The minimum absolute atomic E-state index is 0.972. The summed E-state index contributed by atoms with van der Waals surface area (Å²) >= 11 is 0. The van der Waals surface area contributed by atoms with Crippen LogP contribution in [0.4, 0.5) is 5.69 Å². The molecule has 0 bridgehead atoms. The standard InChI is InChI=1S/C10H17N3/c1-2-4-9(3-1)5-6-11-10-7-12-13-8-10/h7-9,11H,1-6H2,(H,12,13).